The molecule has 1 saturated heterocycles. The molecule has 0 aromatic heterocycles. The normalized spacial score (nSPS) is 18.4. The minimum Gasteiger partial charge on any atom is -0.480 e. The summed E-state index contributed by atoms with van der Waals surface area (Å²) in [6.07, 6.45) is 0.891. The Morgan fingerprint density at radius 2 is 1.82 bits per heavy atom. The Balaban J connectivity index is 2.66. The predicted molar refractivity (Wildman–Crippen MR) is 98.6 cm³/mol. The molecule has 1 fully saturated rings. The molecule has 0 saturated carbocycles. The summed E-state index contributed by atoms with van der Waals surface area (Å²) < 4.78 is 0. The van der Waals surface area contributed by atoms with Gasteiger partial charge in [0.1, 0.15) is 12.1 Å². The van der Waals surface area contributed by atoms with E-state index in [1.807, 2.05) is 13.8 Å². The summed E-state index contributed by atoms with van der Waals surface area (Å²) in [5.41, 5.74) is 10.6. The van der Waals surface area contributed by atoms with Crippen molar-refractivity contribution in [2.24, 2.45) is 17.4 Å². The smallest absolute Gasteiger partial charge is 0.326 e. The van der Waals surface area contributed by atoms with Gasteiger partial charge in [0.15, 0.2) is 0 Å². The Morgan fingerprint density at radius 3 is 2.36 bits per heavy atom. The zero-order valence-electron chi connectivity index (χ0n) is 16.1. The molecule has 1 rings (SSSR count). The van der Waals surface area contributed by atoms with Crippen molar-refractivity contribution in [1.29, 1.82) is 0 Å². The first-order chi connectivity index (χ1) is 13.0. The van der Waals surface area contributed by atoms with E-state index in [-0.39, 0.29) is 25.3 Å². The van der Waals surface area contributed by atoms with E-state index >= 15 is 0 Å². The van der Waals surface area contributed by atoms with Gasteiger partial charge in [-0.15, -0.1) is 0 Å². The van der Waals surface area contributed by atoms with Crippen LogP contribution in [0.5, 0.6) is 0 Å². The van der Waals surface area contributed by atoms with E-state index in [4.69, 9.17) is 16.6 Å². The molecule has 0 aromatic rings. The fraction of sp³-hybridized carbons (Fsp3) is 0.706. The van der Waals surface area contributed by atoms with Crippen LogP contribution in [-0.2, 0) is 24.0 Å². The maximum atomic E-state index is 12.4. The zero-order chi connectivity index (χ0) is 21.4. The highest BCUT2D eigenvalue weighted by Crippen LogP contribution is 2.17. The third-order valence-corrected chi connectivity index (χ3v) is 4.37. The first-order valence-electron chi connectivity index (χ1n) is 9.17. The second-order valence-electron chi connectivity index (χ2n) is 7.27. The number of carbonyl (C=O) groups excluding carboxylic acids is 4. The second kappa shape index (κ2) is 10.6. The summed E-state index contributed by atoms with van der Waals surface area (Å²) in [5, 5.41) is 14.0. The van der Waals surface area contributed by atoms with Crippen LogP contribution >= 0.6 is 0 Å². The van der Waals surface area contributed by atoms with E-state index in [0.717, 1.165) is 0 Å². The van der Waals surface area contributed by atoms with Crippen molar-refractivity contribution in [2.75, 3.05) is 13.1 Å². The van der Waals surface area contributed by atoms with Crippen LogP contribution in [0.4, 0.5) is 0 Å². The number of carboxylic acids is 1. The van der Waals surface area contributed by atoms with Gasteiger partial charge in [0.25, 0.3) is 0 Å². The summed E-state index contributed by atoms with van der Waals surface area (Å²) >= 11 is 0. The van der Waals surface area contributed by atoms with Gasteiger partial charge in [-0.3, -0.25) is 19.2 Å². The minimum absolute atomic E-state index is 0.0501. The molecule has 3 unspecified atom stereocenters. The molecule has 0 spiro atoms. The Labute approximate surface area is 163 Å². The van der Waals surface area contributed by atoms with E-state index in [9.17, 15) is 24.0 Å². The van der Waals surface area contributed by atoms with Gasteiger partial charge in [-0.05, 0) is 25.2 Å². The highest BCUT2D eigenvalue weighted by Gasteiger charge is 2.34. The molecule has 1 aliphatic heterocycles. The number of nitrogens with zero attached hydrogens (tertiary/aromatic N) is 1. The fourth-order valence-corrected chi connectivity index (χ4v) is 3.00. The van der Waals surface area contributed by atoms with Crippen LogP contribution in [0.15, 0.2) is 0 Å². The summed E-state index contributed by atoms with van der Waals surface area (Å²) in [6, 6.07) is -3.02. The molecule has 0 aromatic carbocycles. The highest BCUT2D eigenvalue weighted by atomic mass is 16.4. The van der Waals surface area contributed by atoms with Crippen molar-refractivity contribution in [2.45, 2.75) is 57.7 Å². The first-order valence-corrected chi connectivity index (χ1v) is 9.17. The molecule has 7 N–H and O–H groups in total. The van der Waals surface area contributed by atoms with Crippen LogP contribution in [0, 0.1) is 5.92 Å². The van der Waals surface area contributed by atoms with Crippen LogP contribution < -0.4 is 22.1 Å². The third-order valence-electron chi connectivity index (χ3n) is 4.37. The number of likely N-dealkylation sites (tertiary alicyclic amines) is 1. The van der Waals surface area contributed by atoms with E-state index < -0.39 is 47.7 Å². The van der Waals surface area contributed by atoms with Crippen LogP contribution in [0.25, 0.3) is 0 Å². The number of primary amides is 1. The summed E-state index contributed by atoms with van der Waals surface area (Å²) in [6.45, 7) is 3.64. The molecule has 11 nitrogen and oxygen atoms in total. The maximum absolute atomic E-state index is 12.4. The first kappa shape index (κ1) is 23.3. The summed E-state index contributed by atoms with van der Waals surface area (Å²) in [7, 11) is 0. The Bertz CT molecular complexity index is 623. The molecular formula is C17H29N5O6. The summed E-state index contributed by atoms with van der Waals surface area (Å²) in [4.78, 5) is 60.1. The van der Waals surface area contributed by atoms with Crippen molar-refractivity contribution < 1.29 is 29.1 Å². The molecular weight excluding hydrogens is 370 g/mol. The van der Waals surface area contributed by atoms with Gasteiger partial charge in [-0.2, -0.15) is 0 Å². The largest absolute Gasteiger partial charge is 0.480 e. The topological polar surface area (TPSA) is 185 Å². The van der Waals surface area contributed by atoms with Gasteiger partial charge in [0.2, 0.25) is 23.6 Å². The predicted octanol–water partition coefficient (Wildman–Crippen LogP) is -2.09. The molecule has 0 radical (unpaired) electrons. The molecule has 4 amide bonds. The average Bonchev–Trinajstić information content (AvgIpc) is 3.07. The number of hydrogen-bond acceptors (Lipinski definition) is 6. The van der Waals surface area contributed by atoms with E-state index in [2.05, 4.69) is 10.6 Å². The molecule has 1 aliphatic rings. The lowest BCUT2D eigenvalue weighted by Gasteiger charge is -2.24. The number of nitrogens with one attached hydrogen (secondary N) is 2. The molecule has 0 aliphatic carbocycles. The third kappa shape index (κ3) is 7.14. The lowest BCUT2D eigenvalue weighted by Crippen LogP contribution is -2.54. The van der Waals surface area contributed by atoms with Gasteiger partial charge in [-0.25, -0.2) is 4.79 Å². The van der Waals surface area contributed by atoms with Gasteiger partial charge in [0, 0.05) is 6.54 Å². The zero-order valence-corrected chi connectivity index (χ0v) is 16.1. The minimum atomic E-state index is -1.18. The monoisotopic (exact) mass is 399 g/mol. The standard InChI is InChI=1S/C17H29N5O6/c1-9(2)6-11(21-15(25)10(18)7-13(19)23)16(26)20-8-14(24)22-5-3-4-12(22)17(27)28/h9-12H,3-8,18H2,1-2H3,(H2,19,23)(H,20,26)(H,21,25)(H,27,28). The number of hydrogen-bond donors (Lipinski definition) is 5. The maximum Gasteiger partial charge on any atom is 0.326 e. The van der Waals surface area contributed by atoms with Crippen LogP contribution in [-0.4, -0.2) is 70.8 Å². The van der Waals surface area contributed by atoms with E-state index in [1.165, 1.54) is 4.90 Å². The highest BCUT2D eigenvalue weighted by molar-refractivity contribution is 5.94. The van der Waals surface area contributed by atoms with Gasteiger partial charge >= 0.3 is 5.97 Å². The van der Waals surface area contributed by atoms with Crippen LogP contribution in [0.2, 0.25) is 0 Å². The van der Waals surface area contributed by atoms with E-state index in [0.29, 0.717) is 19.4 Å². The number of aliphatic carboxylic acids is 1. The lowest BCUT2D eigenvalue weighted by atomic mass is 10.0. The van der Waals surface area contributed by atoms with Crippen LogP contribution in [0.3, 0.4) is 0 Å². The molecule has 11 heteroatoms. The van der Waals surface area contributed by atoms with Crippen molar-refractivity contribution >= 4 is 29.6 Å². The molecule has 0 bridgehead atoms. The number of carboxylic acid groups (broad SMARTS) is 1. The van der Waals surface area contributed by atoms with E-state index in [1.54, 1.807) is 0 Å². The van der Waals surface area contributed by atoms with Gasteiger partial charge in [0.05, 0.1) is 19.0 Å². The number of amides is 4. The molecule has 3 atom stereocenters. The van der Waals surface area contributed by atoms with Crippen molar-refractivity contribution in [1.82, 2.24) is 15.5 Å². The number of nitrogens with two attached hydrogens (primary N) is 2. The SMILES string of the molecule is CC(C)CC(NC(=O)C(N)CC(N)=O)C(=O)NCC(=O)N1CCCC1C(=O)O. The molecule has 158 valence electrons. The van der Waals surface area contributed by atoms with Crippen molar-refractivity contribution in [3.05, 3.63) is 0 Å². The van der Waals surface area contributed by atoms with Crippen LogP contribution in [0.1, 0.15) is 39.5 Å². The quantitative estimate of drug-likeness (QED) is 0.279. The second-order valence-corrected chi connectivity index (χ2v) is 7.27. The Kier molecular flexibility index (Phi) is 8.83. The Hall–Kier alpha value is -2.69. The lowest BCUT2D eigenvalue weighted by molar-refractivity contribution is -0.148. The number of rotatable bonds is 10. The molecule has 1 heterocycles. The van der Waals surface area contributed by atoms with Crippen molar-refractivity contribution in [3.63, 3.8) is 0 Å². The van der Waals surface area contributed by atoms with Gasteiger partial charge in [-0.1, -0.05) is 13.8 Å². The average molecular weight is 399 g/mol. The number of carbonyl (C=O) groups is 5. The van der Waals surface area contributed by atoms with Gasteiger partial charge < -0.3 is 32.1 Å². The van der Waals surface area contributed by atoms with Crippen molar-refractivity contribution in [3.8, 4) is 0 Å². The summed E-state index contributed by atoms with van der Waals surface area (Å²) in [5.74, 6) is -3.56. The Morgan fingerprint density at radius 1 is 1.18 bits per heavy atom. The molecule has 28 heavy (non-hydrogen) atoms. The fourth-order valence-electron chi connectivity index (χ4n) is 3.00.